The molecule has 0 fully saturated rings. The largest absolute Gasteiger partial charge is 0.481 e. The van der Waals surface area contributed by atoms with Crippen LogP contribution in [0, 0.1) is 11.3 Å². The van der Waals surface area contributed by atoms with Crippen LogP contribution in [0.4, 0.5) is 0 Å². The van der Waals surface area contributed by atoms with Crippen LogP contribution in [0.1, 0.15) is 12.0 Å². The summed E-state index contributed by atoms with van der Waals surface area (Å²) in [6, 6.07) is 15.6. The number of aromatic nitrogens is 3. The Hall–Kier alpha value is -3.37. The van der Waals surface area contributed by atoms with Crippen LogP contribution >= 0.6 is 11.8 Å². The number of carbonyl (C=O) groups is 1. The second kappa shape index (κ2) is 7.09. The Balaban J connectivity index is 1.95. The molecule has 27 heavy (non-hydrogen) atoms. The highest BCUT2D eigenvalue weighted by Gasteiger charge is 2.16. The van der Waals surface area contributed by atoms with Crippen molar-refractivity contribution in [3.63, 3.8) is 0 Å². The van der Waals surface area contributed by atoms with Gasteiger partial charge in [-0.05, 0) is 18.2 Å². The number of fused-ring (bicyclic) bond motifs is 2. The van der Waals surface area contributed by atoms with E-state index in [-0.39, 0.29) is 6.42 Å². The quantitative estimate of drug-likeness (QED) is 0.531. The lowest BCUT2D eigenvalue weighted by molar-refractivity contribution is -0.136. The average molecular weight is 374 g/mol. The summed E-state index contributed by atoms with van der Waals surface area (Å²) in [5.74, 6) is -0.420. The molecule has 0 aliphatic rings. The van der Waals surface area contributed by atoms with Gasteiger partial charge in [0.1, 0.15) is 5.52 Å². The van der Waals surface area contributed by atoms with Crippen LogP contribution in [-0.2, 0) is 4.79 Å². The summed E-state index contributed by atoms with van der Waals surface area (Å²) >= 11 is 1.39. The van der Waals surface area contributed by atoms with E-state index in [1.807, 2.05) is 41.0 Å². The predicted molar refractivity (Wildman–Crippen MR) is 104 cm³/mol. The van der Waals surface area contributed by atoms with E-state index in [0.717, 1.165) is 27.5 Å². The van der Waals surface area contributed by atoms with Gasteiger partial charge in [0.05, 0.1) is 35.5 Å². The van der Waals surface area contributed by atoms with Gasteiger partial charge in [-0.25, -0.2) is 4.98 Å². The molecule has 0 saturated heterocycles. The van der Waals surface area contributed by atoms with E-state index < -0.39 is 5.97 Å². The molecule has 0 unspecified atom stereocenters. The van der Waals surface area contributed by atoms with Gasteiger partial charge in [0.2, 0.25) is 0 Å². The molecule has 2 aromatic heterocycles. The van der Waals surface area contributed by atoms with Gasteiger partial charge in [0.15, 0.2) is 5.16 Å². The first-order chi connectivity index (χ1) is 13.2. The molecule has 7 heteroatoms. The smallest absolute Gasteiger partial charge is 0.304 e. The van der Waals surface area contributed by atoms with Gasteiger partial charge in [-0.3, -0.25) is 14.3 Å². The molecule has 0 atom stereocenters. The third kappa shape index (κ3) is 3.11. The van der Waals surface area contributed by atoms with Crippen molar-refractivity contribution < 1.29 is 9.90 Å². The molecule has 0 bridgehead atoms. The molecular weight excluding hydrogens is 360 g/mol. The first kappa shape index (κ1) is 17.1. The summed E-state index contributed by atoms with van der Waals surface area (Å²) in [4.78, 5) is 19.7. The van der Waals surface area contributed by atoms with Gasteiger partial charge in [0, 0.05) is 22.7 Å². The van der Waals surface area contributed by atoms with Crippen LogP contribution in [0.15, 0.2) is 60.0 Å². The van der Waals surface area contributed by atoms with E-state index in [0.29, 0.717) is 16.5 Å². The van der Waals surface area contributed by atoms with Crippen LogP contribution in [0.5, 0.6) is 0 Å². The topological polar surface area (TPSA) is 91.8 Å². The lowest BCUT2D eigenvalue weighted by atomic mass is 10.0. The molecule has 0 saturated carbocycles. The van der Waals surface area contributed by atoms with Crippen molar-refractivity contribution in [2.24, 2.45) is 0 Å². The number of rotatable bonds is 5. The minimum Gasteiger partial charge on any atom is -0.481 e. The molecule has 4 rings (SSSR count). The van der Waals surface area contributed by atoms with E-state index in [2.05, 4.69) is 16.0 Å². The van der Waals surface area contributed by atoms with Gasteiger partial charge in [-0.15, -0.1) is 0 Å². The van der Waals surface area contributed by atoms with E-state index in [1.165, 1.54) is 11.8 Å². The SMILES string of the molecule is N#Cc1ccc(-n2c(SCCC(=O)O)nc3cnccc32)c2ccccc12. The van der Waals surface area contributed by atoms with E-state index >= 15 is 0 Å². The van der Waals surface area contributed by atoms with Crippen LogP contribution < -0.4 is 0 Å². The minimum atomic E-state index is -0.837. The minimum absolute atomic E-state index is 0.0558. The number of carboxylic acids is 1. The van der Waals surface area contributed by atoms with Gasteiger partial charge in [-0.1, -0.05) is 36.0 Å². The molecule has 0 aliphatic heterocycles. The van der Waals surface area contributed by atoms with Crippen molar-refractivity contribution in [1.29, 1.82) is 5.26 Å². The first-order valence-electron chi connectivity index (χ1n) is 8.28. The summed E-state index contributed by atoms with van der Waals surface area (Å²) in [6.07, 6.45) is 3.46. The summed E-state index contributed by atoms with van der Waals surface area (Å²) in [5.41, 5.74) is 3.14. The Morgan fingerprint density at radius 3 is 2.78 bits per heavy atom. The fourth-order valence-corrected chi connectivity index (χ4v) is 3.99. The Labute approximate surface area is 159 Å². The van der Waals surface area contributed by atoms with Crippen molar-refractivity contribution >= 4 is 39.5 Å². The van der Waals surface area contributed by atoms with Crippen molar-refractivity contribution in [1.82, 2.24) is 14.5 Å². The highest BCUT2D eigenvalue weighted by atomic mass is 32.2. The summed E-state index contributed by atoms with van der Waals surface area (Å²) in [5, 5.41) is 20.9. The molecule has 1 N–H and O–H groups in total. The zero-order valence-corrected chi connectivity index (χ0v) is 15.0. The summed E-state index contributed by atoms with van der Waals surface area (Å²) in [6.45, 7) is 0. The summed E-state index contributed by atoms with van der Waals surface area (Å²) < 4.78 is 2.01. The third-order valence-electron chi connectivity index (χ3n) is 4.24. The number of thioether (sulfide) groups is 1. The van der Waals surface area contributed by atoms with Crippen LogP contribution in [0.25, 0.3) is 27.5 Å². The molecule has 132 valence electrons. The lowest BCUT2D eigenvalue weighted by Crippen LogP contribution is -2.01. The molecule has 2 heterocycles. The molecule has 6 nitrogen and oxygen atoms in total. The van der Waals surface area contributed by atoms with Crippen molar-refractivity contribution in [2.45, 2.75) is 11.6 Å². The van der Waals surface area contributed by atoms with E-state index in [1.54, 1.807) is 18.5 Å². The van der Waals surface area contributed by atoms with Crippen LogP contribution in [-0.4, -0.2) is 31.4 Å². The Morgan fingerprint density at radius 2 is 2.00 bits per heavy atom. The second-order valence-corrected chi connectivity index (χ2v) is 6.94. The van der Waals surface area contributed by atoms with Gasteiger partial charge < -0.3 is 5.11 Å². The molecule has 0 spiro atoms. The number of aliphatic carboxylic acids is 1. The zero-order chi connectivity index (χ0) is 18.8. The highest BCUT2D eigenvalue weighted by molar-refractivity contribution is 7.99. The average Bonchev–Trinajstić information content (AvgIpc) is 3.05. The molecule has 0 radical (unpaired) electrons. The molecule has 2 aromatic carbocycles. The predicted octanol–water partition coefficient (Wildman–Crippen LogP) is 4.01. The number of pyridine rings is 1. The zero-order valence-electron chi connectivity index (χ0n) is 14.2. The number of benzene rings is 2. The Bertz CT molecular complexity index is 1210. The Morgan fingerprint density at radius 1 is 1.19 bits per heavy atom. The number of carboxylic acid groups (broad SMARTS) is 1. The van der Waals surface area contributed by atoms with Crippen molar-refractivity contribution in [2.75, 3.05) is 5.75 Å². The van der Waals surface area contributed by atoms with Crippen LogP contribution in [0.2, 0.25) is 0 Å². The number of hydrogen-bond donors (Lipinski definition) is 1. The van der Waals surface area contributed by atoms with E-state index in [9.17, 15) is 10.1 Å². The maximum atomic E-state index is 10.9. The Kier molecular flexibility index (Phi) is 4.48. The molecule has 4 aromatic rings. The fourth-order valence-electron chi connectivity index (χ4n) is 3.05. The van der Waals surface area contributed by atoms with Gasteiger partial charge in [-0.2, -0.15) is 5.26 Å². The molecule has 0 amide bonds. The first-order valence-corrected chi connectivity index (χ1v) is 9.27. The molecular formula is C20H14N4O2S. The van der Waals surface area contributed by atoms with Gasteiger partial charge >= 0.3 is 5.97 Å². The van der Waals surface area contributed by atoms with Gasteiger partial charge in [0.25, 0.3) is 0 Å². The van der Waals surface area contributed by atoms with E-state index in [4.69, 9.17) is 5.11 Å². The normalized spacial score (nSPS) is 10.9. The fraction of sp³-hybridized carbons (Fsp3) is 0.100. The highest BCUT2D eigenvalue weighted by Crippen LogP contribution is 2.32. The second-order valence-electron chi connectivity index (χ2n) is 5.88. The lowest BCUT2D eigenvalue weighted by Gasteiger charge is -2.13. The number of hydrogen-bond acceptors (Lipinski definition) is 5. The number of imidazole rings is 1. The number of nitriles is 1. The third-order valence-corrected chi connectivity index (χ3v) is 5.18. The standard InChI is InChI=1S/C20H14N4O2S/c21-11-13-5-6-17(15-4-2-1-3-14(13)15)24-18-7-9-22-12-16(18)23-20(24)27-10-8-19(25)26/h1-7,9,12H,8,10H2,(H,25,26). The maximum Gasteiger partial charge on any atom is 0.304 e. The maximum absolute atomic E-state index is 10.9. The molecule has 0 aliphatic carbocycles. The monoisotopic (exact) mass is 374 g/mol. The number of nitrogens with zero attached hydrogens (tertiary/aromatic N) is 4. The summed E-state index contributed by atoms with van der Waals surface area (Å²) in [7, 11) is 0. The van der Waals surface area contributed by atoms with Crippen molar-refractivity contribution in [3.8, 4) is 11.8 Å². The van der Waals surface area contributed by atoms with Crippen LogP contribution in [0.3, 0.4) is 0 Å². The van der Waals surface area contributed by atoms with Crippen molar-refractivity contribution in [3.05, 3.63) is 60.4 Å².